The van der Waals surface area contributed by atoms with E-state index in [2.05, 4.69) is 26.1 Å². The van der Waals surface area contributed by atoms with Crippen LogP contribution in [0.4, 0.5) is 16.0 Å². The summed E-state index contributed by atoms with van der Waals surface area (Å²) < 4.78 is 21.2. The first-order valence-electron chi connectivity index (χ1n) is 10.6. The Morgan fingerprint density at radius 3 is 2.56 bits per heavy atom. The molecule has 0 aliphatic rings. The number of hydrogen-bond acceptors (Lipinski definition) is 12. The summed E-state index contributed by atoms with van der Waals surface area (Å²) in [5.74, 6) is -0.436. The van der Waals surface area contributed by atoms with Crippen LogP contribution < -0.4 is 31.0 Å². The van der Waals surface area contributed by atoms with E-state index < -0.39 is 17.6 Å². The second-order valence-corrected chi connectivity index (χ2v) is 8.22. The number of carbonyl (C=O) groups is 1. The van der Waals surface area contributed by atoms with Gasteiger partial charge in [0.05, 0.1) is 32.6 Å². The van der Waals surface area contributed by atoms with Crippen molar-refractivity contribution in [3.05, 3.63) is 63.8 Å². The van der Waals surface area contributed by atoms with Crippen LogP contribution in [0.15, 0.2) is 51.3 Å². The summed E-state index contributed by atoms with van der Waals surface area (Å²) in [7, 11) is 4.44. The number of methoxy groups -OCH3 is 3. The molecule has 3 aromatic rings. The predicted molar refractivity (Wildman–Crippen MR) is 137 cm³/mol. The first-order chi connectivity index (χ1) is 17.4. The highest BCUT2D eigenvalue weighted by Crippen LogP contribution is 2.31. The zero-order valence-electron chi connectivity index (χ0n) is 20.1. The van der Waals surface area contributed by atoms with Crippen molar-refractivity contribution >= 4 is 39.4 Å². The summed E-state index contributed by atoms with van der Waals surface area (Å²) in [6, 6.07) is 8.29. The molecule has 1 unspecified atom stereocenters. The third-order valence-electron chi connectivity index (χ3n) is 4.80. The van der Waals surface area contributed by atoms with Crippen molar-refractivity contribution in [3.63, 3.8) is 0 Å². The minimum atomic E-state index is -0.837. The molecule has 0 fully saturated rings. The number of rotatable bonds is 12. The normalized spacial score (nSPS) is 11.9. The molecule has 2 heterocycles. The van der Waals surface area contributed by atoms with Crippen molar-refractivity contribution in [1.82, 2.24) is 10.2 Å². The molecular weight excluding hydrogens is 488 g/mol. The Bertz CT molecular complexity index is 1300. The lowest BCUT2D eigenvalue weighted by molar-refractivity contribution is 0.0991. The number of aromatic nitrogens is 2. The number of anilines is 3. The van der Waals surface area contributed by atoms with E-state index in [1.165, 1.54) is 13.2 Å². The molecule has 0 bridgehead atoms. The Morgan fingerprint density at radius 1 is 1.17 bits per heavy atom. The molecule has 4 N–H and O–H groups in total. The maximum Gasteiger partial charge on any atom is 0.381 e. The number of hydrogen-bond donors (Lipinski definition) is 4. The van der Waals surface area contributed by atoms with E-state index in [9.17, 15) is 9.59 Å². The van der Waals surface area contributed by atoms with Crippen LogP contribution in [0.1, 0.15) is 29.1 Å². The SMILES string of the molecule is COCC(Nc1cc(C(=O)Nc2nnc(N/C(C)=C\C=N)s2)oc(=O)c1OC)c1ccccc1OC. The molecule has 2 aromatic heterocycles. The Balaban J connectivity index is 1.87. The molecule has 13 heteroatoms. The van der Waals surface area contributed by atoms with Crippen LogP contribution in [0.5, 0.6) is 11.5 Å². The molecule has 0 aliphatic carbocycles. The number of para-hydroxylation sites is 1. The zero-order valence-corrected chi connectivity index (χ0v) is 20.9. The summed E-state index contributed by atoms with van der Waals surface area (Å²) in [5, 5.41) is 24.2. The van der Waals surface area contributed by atoms with Gasteiger partial charge in [0, 0.05) is 30.7 Å². The molecule has 3 rings (SSSR count). The van der Waals surface area contributed by atoms with E-state index >= 15 is 0 Å². The lowest BCUT2D eigenvalue weighted by Crippen LogP contribution is -2.21. The summed E-state index contributed by atoms with van der Waals surface area (Å²) >= 11 is 1.07. The number of nitrogens with zero attached hydrogens (tertiary/aromatic N) is 2. The molecule has 0 saturated carbocycles. The molecule has 190 valence electrons. The molecule has 0 radical (unpaired) electrons. The van der Waals surface area contributed by atoms with E-state index in [0.29, 0.717) is 16.6 Å². The Kier molecular flexibility index (Phi) is 9.13. The number of ether oxygens (including phenoxy) is 3. The molecular formula is C23H26N6O6S. The summed E-state index contributed by atoms with van der Waals surface area (Å²) in [4.78, 5) is 25.5. The van der Waals surface area contributed by atoms with Gasteiger partial charge in [0.2, 0.25) is 16.0 Å². The highest BCUT2D eigenvalue weighted by molar-refractivity contribution is 7.19. The van der Waals surface area contributed by atoms with Crippen LogP contribution in [-0.4, -0.2) is 50.3 Å². The van der Waals surface area contributed by atoms with Crippen molar-refractivity contribution in [2.45, 2.75) is 13.0 Å². The van der Waals surface area contributed by atoms with E-state index in [1.807, 2.05) is 24.3 Å². The van der Waals surface area contributed by atoms with Gasteiger partial charge in [-0.3, -0.25) is 10.1 Å². The minimum Gasteiger partial charge on any atom is -0.496 e. The van der Waals surface area contributed by atoms with Crippen LogP contribution in [-0.2, 0) is 4.74 Å². The van der Waals surface area contributed by atoms with Crippen LogP contribution >= 0.6 is 11.3 Å². The van der Waals surface area contributed by atoms with Crippen LogP contribution in [0, 0.1) is 5.41 Å². The highest BCUT2D eigenvalue weighted by atomic mass is 32.1. The average molecular weight is 515 g/mol. The van der Waals surface area contributed by atoms with E-state index in [4.69, 9.17) is 24.0 Å². The number of carbonyl (C=O) groups excluding carboxylic acids is 1. The number of allylic oxidation sites excluding steroid dienone is 2. The maximum absolute atomic E-state index is 12.9. The fourth-order valence-electron chi connectivity index (χ4n) is 3.23. The van der Waals surface area contributed by atoms with Gasteiger partial charge in [-0.2, -0.15) is 0 Å². The van der Waals surface area contributed by atoms with Gasteiger partial charge in [0.25, 0.3) is 5.91 Å². The predicted octanol–water partition coefficient (Wildman–Crippen LogP) is 3.53. The summed E-state index contributed by atoms with van der Waals surface area (Å²) in [5.41, 5.74) is 0.857. The molecule has 1 atom stereocenters. The van der Waals surface area contributed by atoms with E-state index in [-0.39, 0.29) is 28.9 Å². The van der Waals surface area contributed by atoms with Gasteiger partial charge in [-0.15, -0.1) is 10.2 Å². The van der Waals surface area contributed by atoms with Crippen LogP contribution in [0.2, 0.25) is 0 Å². The van der Waals surface area contributed by atoms with Crippen LogP contribution in [0.25, 0.3) is 0 Å². The lowest BCUT2D eigenvalue weighted by Gasteiger charge is -2.22. The van der Waals surface area contributed by atoms with Crippen molar-refractivity contribution in [2.24, 2.45) is 0 Å². The second-order valence-electron chi connectivity index (χ2n) is 7.25. The van der Waals surface area contributed by atoms with E-state index in [0.717, 1.165) is 23.1 Å². The molecule has 1 amide bonds. The van der Waals surface area contributed by atoms with Crippen molar-refractivity contribution in [1.29, 1.82) is 5.41 Å². The van der Waals surface area contributed by atoms with Gasteiger partial charge >= 0.3 is 5.63 Å². The minimum absolute atomic E-state index is 0.0987. The zero-order chi connectivity index (χ0) is 26.1. The Labute approximate surface area is 210 Å². The van der Waals surface area contributed by atoms with Crippen molar-refractivity contribution < 1.29 is 23.4 Å². The monoisotopic (exact) mass is 514 g/mol. The van der Waals surface area contributed by atoms with Gasteiger partial charge in [0.15, 0.2) is 5.76 Å². The quantitative estimate of drug-likeness (QED) is 0.263. The third kappa shape index (κ3) is 6.46. The largest absolute Gasteiger partial charge is 0.496 e. The summed E-state index contributed by atoms with van der Waals surface area (Å²) in [6.07, 6.45) is 2.68. The van der Waals surface area contributed by atoms with Gasteiger partial charge in [-0.1, -0.05) is 29.5 Å². The molecule has 0 aliphatic heterocycles. The van der Waals surface area contributed by atoms with E-state index in [1.54, 1.807) is 27.2 Å². The number of nitrogens with one attached hydrogen (secondary N) is 4. The highest BCUT2D eigenvalue weighted by Gasteiger charge is 2.23. The smallest absolute Gasteiger partial charge is 0.381 e. The molecule has 36 heavy (non-hydrogen) atoms. The molecule has 0 spiro atoms. The van der Waals surface area contributed by atoms with Crippen molar-refractivity contribution in [2.75, 3.05) is 43.9 Å². The lowest BCUT2D eigenvalue weighted by atomic mass is 10.1. The van der Waals surface area contributed by atoms with Crippen molar-refractivity contribution in [3.8, 4) is 11.5 Å². The van der Waals surface area contributed by atoms with Gasteiger partial charge < -0.3 is 34.7 Å². The number of amides is 1. The first kappa shape index (κ1) is 26.4. The fourth-order valence-corrected chi connectivity index (χ4v) is 3.93. The summed E-state index contributed by atoms with van der Waals surface area (Å²) in [6.45, 7) is 1.99. The molecule has 0 saturated heterocycles. The average Bonchev–Trinajstić information content (AvgIpc) is 3.29. The molecule has 12 nitrogen and oxygen atoms in total. The van der Waals surface area contributed by atoms with Gasteiger partial charge in [-0.05, 0) is 19.1 Å². The topological polar surface area (TPSA) is 161 Å². The standard InChI is InChI=1S/C23H26N6O6S/c1-13(9-10-24)25-22-28-29-23(36-22)27-20(30)18-11-15(19(34-4)21(31)35-18)26-16(12-32-2)14-7-5-6-8-17(14)33-3/h5-11,16,24,26H,12H2,1-4H3,(H,25,28)(H,27,29,30)/b13-9-,24-10?. The second kappa shape index (κ2) is 12.5. The number of benzene rings is 1. The third-order valence-corrected chi connectivity index (χ3v) is 5.55. The van der Waals surface area contributed by atoms with Gasteiger partial charge in [-0.25, -0.2) is 4.79 Å². The Morgan fingerprint density at radius 2 is 1.89 bits per heavy atom. The molecule has 1 aromatic carbocycles. The maximum atomic E-state index is 12.9. The fraction of sp³-hybridized carbons (Fsp3) is 0.261. The van der Waals surface area contributed by atoms with Gasteiger partial charge in [0.1, 0.15) is 5.75 Å². The van der Waals surface area contributed by atoms with Crippen LogP contribution in [0.3, 0.4) is 0 Å². The first-order valence-corrected chi connectivity index (χ1v) is 11.4. The Hall–Kier alpha value is -4.23.